The summed E-state index contributed by atoms with van der Waals surface area (Å²) in [6, 6.07) is 12.5. The number of nitrogens with zero attached hydrogens (tertiary/aromatic N) is 1. The first-order chi connectivity index (χ1) is 11.5. The minimum atomic E-state index is -0.291. The summed E-state index contributed by atoms with van der Waals surface area (Å²) in [6.45, 7) is 0.417. The van der Waals surface area contributed by atoms with Crippen LogP contribution in [0.15, 0.2) is 53.2 Å². The summed E-state index contributed by atoms with van der Waals surface area (Å²) in [4.78, 5) is 16.4. The molecule has 3 rings (SSSR count). The summed E-state index contributed by atoms with van der Waals surface area (Å²) < 4.78 is 0. The van der Waals surface area contributed by atoms with E-state index in [4.69, 9.17) is 34.8 Å². The van der Waals surface area contributed by atoms with Crippen LogP contribution in [0.25, 0.3) is 6.08 Å². The Kier molecular flexibility index (Phi) is 5.09. The van der Waals surface area contributed by atoms with Crippen LogP contribution in [0.3, 0.4) is 0 Å². The molecule has 1 aliphatic heterocycles. The van der Waals surface area contributed by atoms with Gasteiger partial charge in [0.2, 0.25) is 5.96 Å². The predicted octanol–water partition coefficient (Wildman–Crippen LogP) is 4.26. The standard InChI is InChI=1S/C17H12Cl3N3O/c18-11-6-4-10(5-7-11)9-21-17-22-15(16(24)23-17)8-12-13(19)2-1-3-14(12)20/h1-8H,9H2,(H2,21,22,23,24)/b15-8-. The second kappa shape index (κ2) is 7.26. The zero-order valence-corrected chi connectivity index (χ0v) is 14.6. The second-order valence-electron chi connectivity index (χ2n) is 5.06. The predicted molar refractivity (Wildman–Crippen MR) is 98.3 cm³/mol. The van der Waals surface area contributed by atoms with Gasteiger partial charge in [0.15, 0.2) is 0 Å². The minimum absolute atomic E-state index is 0.291. The highest BCUT2D eigenvalue weighted by Crippen LogP contribution is 2.26. The first kappa shape index (κ1) is 16.8. The lowest BCUT2D eigenvalue weighted by molar-refractivity contribution is -0.115. The molecule has 0 saturated carbocycles. The van der Waals surface area contributed by atoms with Crippen molar-refractivity contribution in [1.29, 1.82) is 0 Å². The van der Waals surface area contributed by atoms with Crippen molar-refractivity contribution in [2.75, 3.05) is 0 Å². The molecular formula is C17H12Cl3N3O. The largest absolute Gasteiger partial charge is 0.321 e. The van der Waals surface area contributed by atoms with Crippen LogP contribution >= 0.6 is 34.8 Å². The molecule has 2 aromatic rings. The van der Waals surface area contributed by atoms with Crippen molar-refractivity contribution in [3.63, 3.8) is 0 Å². The molecule has 0 bridgehead atoms. The lowest BCUT2D eigenvalue weighted by Gasteiger charge is -2.02. The molecule has 1 heterocycles. The molecule has 0 unspecified atom stereocenters. The van der Waals surface area contributed by atoms with Crippen molar-refractivity contribution < 1.29 is 4.79 Å². The summed E-state index contributed by atoms with van der Waals surface area (Å²) in [5, 5.41) is 7.20. The van der Waals surface area contributed by atoms with Crippen molar-refractivity contribution in [3.8, 4) is 0 Å². The lowest BCUT2D eigenvalue weighted by Crippen LogP contribution is -2.25. The average molecular weight is 381 g/mol. The van der Waals surface area contributed by atoms with E-state index in [1.807, 2.05) is 12.1 Å². The lowest BCUT2D eigenvalue weighted by atomic mass is 10.2. The minimum Gasteiger partial charge on any atom is -0.321 e. The summed E-state index contributed by atoms with van der Waals surface area (Å²) >= 11 is 18.1. The van der Waals surface area contributed by atoms with E-state index in [1.54, 1.807) is 36.4 Å². The van der Waals surface area contributed by atoms with Crippen LogP contribution in [0, 0.1) is 0 Å². The highest BCUT2D eigenvalue weighted by atomic mass is 35.5. The Morgan fingerprint density at radius 3 is 2.29 bits per heavy atom. The fraction of sp³-hybridized carbons (Fsp3) is 0.0588. The Balaban J connectivity index is 1.77. The SMILES string of the molecule is O=C1NC(=NCc2ccc(Cl)cc2)N/C1=C\c1c(Cl)cccc1Cl. The summed E-state index contributed by atoms with van der Waals surface area (Å²) in [7, 11) is 0. The van der Waals surface area contributed by atoms with E-state index in [9.17, 15) is 4.79 Å². The third kappa shape index (κ3) is 3.90. The number of rotatable bonds is 3. The third-order valence-corrected chi connectivity index (χ3v) is 4.26. The maximum Gasteiger partial charge on any atom is 0.274 e. The average Bonchev–Trinajstić information content (AvgIpc) is 2.90. The van der Waals surface area contributed by atoms with Gasteiger partial charge in [-0.05, 0) is 35.9 Å². The number of hydrogen-bond donors (Lipinski definition) is 2. The number of carbonyl (C=O) groups excluding carboxylic acids is 1. The summed E-state index contributed by atoms with van der Waals surface area (Å²) in [5.41, 5.74) is 1.90. The zero-order chi connectivity index (χ0) is 17.1. The quantitative estimate of drug-likeness (QED) is 0.782. The van der Waals surface area contributed by atoms with E-state index >= 15 is 0 Å². The van der Waals surface area contributed by atoms with Gasteiger partial charge in [-0.15, -0.1) is 0 Å². The Bertz CT molecular complexity index is 824. The number of hydrogen-bond acceptors (Lipinski definition) is 2. The Morgan fingerprint density at radius 2 is 1.62 bits per heavy atom. The van der Waals surface area contributed by atoms with Gasteiger partial charge in [0.25, 0.3) is 5.91 Å². The van der Waals surface area contributed by atoms with Crippen molar-refractivity contribution in [2.24, 2.45) is 4.99 Å². The maximum absolute atomic E-state index is 12.0. The Labute approximate surface area is 154 Å². The van der Waals surface area contributed by atoms with Crippen molar-refractivity contribution in [3.05, 3.63) is 74.4 Å². The fourth-order valence-electron chi connectivity index (χ4n) is 2.12. The molecule has 0 radical (unpaired) electrons. The van der Waals surface area contributed by atoms with E-state index in [0.717, 1.165) is 5.56 Å². The first-order valence-electron chi connectivity index (χ1n) is 7.06. The van der Waals surface area contributed by atoms with Crippen LogP contribution in [0.4, 0.5) is 0 Å². The molecule has 0 atom stereocenters. The van der Waals surface area contributed by atoms with E-state index < -0.39 is 0 Å². The van der Waals surface area contributed by atoms with Gasteiger partial charge in [-0.3, -0.25) is 10.1 Å². The first-order valence-corrected chi connectivity index (χ1v) is 8.19. The molecule has 4 nitrogen and oxygen atoms in total. The topological polar surface area (TPSA) is 53.5 Å². The van der Waals surface area contributed by atoms with Crippen LogP contribution in [-0.4, -0.2) is 11.9 Å². The molecule has 1 aliphatic rings. The van der Waals surface area contributed by atoms with Gasteiger partial charge in [0, 0.05) is 20.6 Å². The van der Waals surface area contributed by atoms with Gasteiger partial charge in [0.1, 0.15) is 5.70 Å². The van der Waals surface area contributed by atoms with E-state index in [0.29, 0.717) is 38.8 Å². The molecule has 1 amide bonds. The van der Waals surface area contributed by atoms with Crippen LogP contribution in [-0.2, 0) is 11.3 Å². The van der Waals surface area contributed by atoms with Gasteiger partial charge in [-0.25, -0.2) is 4.99 Å². The van der Waals surface area contributed by atoms with Crippen molar-refractivity contribution in [2.45, 2.75) is 6.54 Å². The molecule has 0 aliphatic carbocycles. The molecule has 2 aromatic carbocycles. The molecule has 0 spiro atoms. The molecule has 2 N–H and O–H groups in total. The van der Waals surface area contributed by atoms with E-state index in [1.165, 1.54) is 0 Å². The van der Waals surface area contributed by atoms with Crippen LogP contribution in [0.2, 0.25) is 15.1 Å². The number of amides is 1. The number of benzene rings is 2. The van der Waals surface area contributed by atoms with Crippen molar-refractivity contribution >= 4 is 52.7 Å². The van der Waals surface area contributed by atoms with Crippen LogP contribution in [0.5, 0.6) is 0 Å². The molecule has 0 aromatic heterocycles. The van der Waals surface area contributed by atoms with Gasteiger partial charge in [0.05, 0.1) is 6.54 Å². The molecular weight excluding hydrogens is 369 g/mol. The highest BCUT2D eigenvalue weighted by molar-refractivity contribution is 6.37. The van der Waals surface area contributed by atoms with Gasteiger partial charge < -0.3 is 5.32 Å². The van der Waals surface area contributed by atoms with E-state index in [2.05, 4.69) is 15.6 Å². The zero-order valence-electron chi connectivity index (χ0n) is 12.3. The van der Waals surface area contributed by atoms with Crippen LogP contribution < -0.4 is 10.6 Å². The van der Waals surface area contributed by atoms with Gasteiger partial charge in [-0.2, -0.15) is 0 Å². The van der Waals surface area contributed by atoms with Gasteiger partial charge >= 0.3 is 0 Å². The molecule has 122 valence electrons. The normalized spacial score (nSPS) is 17.2. The number of nitrogens with one attached hydrogen (secondary N) is 2. The maximum atomic E-state index is 12.0. The molecule has 1 fully saturated rings. The van der Waals surface area contributed by atoms with Gasteiger partial charge in [-0.1, -0.05) is 53.0 Å². The number of halogens is 3. The van der Waals surface area contributed by atoms with E-state index in [-0.39, 0.29) is 5.91 Å². The third-order valence-electron chi connectivity index (χ3n) is 3.35. The van der Waals surface area contributed by atoms with Crippen molar-refractivity contribution in [1.82, 2.24) is 10.6 Å². The molecule has 1 saturated heterocycles. The Hall–Kier alpha value is -2.01. The molecule has 24 heavy (non-hydrogen) atoms. The molecule has 7 heteroatoms. The number of guanidine groups is 1. The second-order valence-corrected chi connectivity index (χ2v) is 6.31. The fourth-order valence-corrected chi connectivity index (χ4v) is 2.76. The summed E-state index contributed by atoms with van der Waals surface area (Å²) in [6.07, 6.45) is 1.60. The van der Waals surface area contributed by atoms with Crippen LogP contribution in [0.1, 0.15) is 11.1 Å². The number of aliphatic imine (C=N–C) groups is 1. The number of carbonyl (C=O) groups is 1. The summed E-state index contributed by atoms with van der Waals surface area (Å²) in [5.74, 6) is 0.0882. The monoisotopic (exact) mass is 379 g/mol. The highest BCUT2D eigenvalue weighted by Gasteiger charge is 2.22. The smallest absolute Gasteiger partial charge is 0.274 e. The Morgan fingerprint density at radius 1 is 0.958 bits per heavy atom.